The maximum atomic E-state index is 13.0. The number of aromatic nitrogens is 4. The summed E-state index contributed by atoms with van der Waals surface area (Å²) in [7, 11) is 1.73. The molecule has 0 spiro atoms. The van der Waals surface area contributed by atoms with E-state index < -0.39 is 203 Å². The second kappa shape index (κ2) is 33.4. The van der Waals surface area contributed by atoms with Crippen LogP contribution in [0.5, 0.6) is 0 Å². The molecule has 85 heavy (non-hydrogen) atoms. The Labute approximate surface area is 475 Å². The number of carboxylic acid groups (broad SMARTS) is 8. The summed E-state index contributed by atoms with van der Waals surface area (Å²) in [6.45, 7) is 0.241. The number of carbonyl (C=O) groups is 14. The largest absolute Gasteiger partial charge is 0.490 e. The Morgan fingerprint density at radius 2 is 0.812 bits per heavy atom. The third-order valence-electron chi connectivity index (χ3n) is 11.4. The van der Waals surface area contributed by atoms with Crippen molar-refractivity contribution in [3.63, 3.8) is 0 Å². The molecule has 18 N–H and O–H groups in total. The normalized spacial score (nSPS) is 13.0. The first-order chi connectivity index (χ1) is 39.6. The van der Waals surface area contributed by atoms with Gasteiger partial charge in [-0.25, -0.2) is 43.5 Å². The minimum atomic E-state index is -5.08. The van der Waals surface area contributed by atoms with Crippen molar-refractivity contribution in [2.75, 3.05) is 23.4 Å². The number of halogens is 3. The maximum absolute atomic E-state index is 13.0. The highest BCUT2D eigenvalue weighted by atomic mass is 19.4. The van der Waals surface area contributed by atoms with Gasteiger partial charge in [0.1, 0.15) is 36.3 Å². The lowest BCUT2D eigenvalue weighted by atomic mass is 10.1. The number of rotatable bonds is 34. The quantitative estimate of drug-likeness (QED) is 0.0298. The number of alkyl halides is 3. The Bertz CT molecular complexity index is 2990. The molecule has 6 amide bonds. The summed E-state index contributed by atoms with van der Waals surface area (Å²) in [6, 6.07) is -4.20. The summed E-state index contributed by atoms with van der Waals surface area (Å²) in [6.07, 6.45) is -10.9. The third kappa shape index (κ3) is 25.8. The van der Waals surface area contributed by atoms with Gasteiger partial charge in [0.2, 0.25) is 35.5 Å². The molecule has 0 unspecified atom stereocenters. The van der Waals surface area contributed by atoms with Crippen LogP contribution < -0.4 is 48.3 Å². The van der Waals surface area contributed by atoms with Gasteiger partial charge in [-0.05, 0) is 62.8 Å². The standard InChI is InChI=1S/C45H57N13O20.C2HF3O2/c1-58(19-21-18-48-37-35(49-21)36(46)56-45(47)57-37)22-4-2-20(3-5-22)38(66)55-28(44(77)78)10-16-33(63)53-26(42(73)74)8-14-31(61)51-24(40(69)70)6-12-29(59)50-23(39(67)68)7-13-30(60)52-25(41(71)72)9-15-32(62)54-27(43(75)76)11-17-34(64)65;3-2(4,5)1(6)7/h2-5,18,23-28H,6-17,19H2,1H3,(H,50,59)(H,51,61)(H,52,60)(H,53,63)(H,54,62)(H,55,66)(H,64,65)(H,67,68)(H,69,70)(H,71,72)(H,73,74)(H,75,76)(H,77,78)(H4,46,47,48,56,57);(H,6,7)/t23-,24-,25-,26-,27-,28-;/m0./s1. The van der Waals surface area contributed by atoms with E-state index in [1.54, 1.807) is 24.1 Å². The lowest BCUT2D eigenvalue weighted by Gasteiger charge is -2.20. The number of hydrogen-bond donors (Lipinski definition) is 16. The minimum absolute atomic E-state index is 0.0478. The molecule has 0 aliphatic carbocycles. The van der Waals surface area contributed by atoms with Crippen molar-refractivity contribution in [1.29, 1.82) is 0 Å². The molecule has 0 fully saturated rings. The van der Waals surface area contributed by atoms with Gasteiger partial charge in [-0.15, -0.1) is 0 Å². The van der Waals surface area contributed by atoms with E-state index >= 15 is 0 Å². The zero-order chi connectivity index (χ0) is 64.5. The highest BCUT2D eigenvalue weighted by Crippen LogP contribution is 2.20. The third-order valence-corrected chi connectivity index (χ3v) is 11.4. The smallest absolute Gasteiger partial charge is 0.481 e. The average molecular weight is 1210 g/mol. The van der Waals surface area contributed by atoms with E-state index in [-0.39, 0.29) is 35.0 Å². The number of amides is 6. The molecule has 1 aromatic carbocycles. The maximum Gasteiger partial charge on any atom is 0.490 e. The van der Waals surface area contributed by atoms with E-state index in [0.29, 0.717) is 11.4 Å². The molecule has 0 saturated heterocycles. The number of carboxylic acids is 8. The SMILES string of the molecule is CN(Cc1cnc2nc(N)nc(N)c2n1)c1ccc(C(=O)N[C@@H](CCC(=O)N[C@@H](CCC(=O)N[C@@H](CCC(=O)N[C@@H](CCC(=O)N[C@@H](CCC(=O)N[C@@H](CCC(=O)O)C(=O)O)C(=O)O)C(=O)O)C(=O)O)C(=O)O)C(=O)O)cc1.O=C(O)C(F)(F)F. The molecule has 38 heteroatoms. The molecule has 3 aromatic rings. The van der Waals surface area contributed by atoms with Gasteiger partial charge >= 0.3 is 53.9 Å². The van der Waals surface area contributed by atoms with Crippen LogP contribution in [0.25, 0.3) is 11.2 Å². The fourth-order valence-electron chi connectivity index (χ4n) is 7.02. The lowest BCUT2D eigenvalue weighted by molar-refractivity contribution is -0.192. The monoisotopic (exact) mass is 1210 g/mol. The Kier molecular flexibility index (Phi) is 27.7. The summed E-state index contributed by atoms with van der Waals surface area (Å²) in [5.41, 5.74) is 13.2. The molecule has 2 aromatic heterocycles. The van der Waals surface area contributed by atoms with E-state index in [1.165, 1.54) is 18.3 Å². The number of nitrogens with two attached hydrogens (primary N) is 2. The summed E-state index contributed by atoms with van der Waals surface area (Å²) in [4.78, 5) is 185. The summed E-state index contributed by atoms with van der Waals surface area (Å²) < 4.78 is 31.7. The summed E-state index contributed by atoms with van der Waals surface area (Å²) >= 11 is 0. The van der Waals surface area contributed by atoms with Gasteiger partial charge in [-0.2, -0.15) is 23.1 Å². The van der Waals surface area contributed by atoms with Crippen molar-refractivity contribution in [1.82, 2.24) is 51.8 Å². The van der Waals surface area contributed by atoms with E-state index in [2.05, 4.69) is 46.5 Å². The predicted molar refractivity (Wildman–Crippen MR) is 276 cm³/mol. The van der Waals surface area contributed by atoms with Gasteiger partial charge in [-0.1, -0.05) is 0 Å². The van der Waals surface area contributed by atoms with Gasteiger partial charge in [-0.3, -0.25) is 33.6 Å². The number of carbonyl (C=O) groups excluding carboxylic acids is 6. The second-order valence-corrected chi connectivity index (χ2v) is 18.0. The molecular weight excluding hydrogens is 1160 g/mol. The van der Waals surface area contributed by atoms with Crippen molar-refractivity contribution in [3.05, 3.63) is 41.7 Å². The molecule has 2 heterocycles. The van der Waals surface area contributed by atoms with E-state index in [9.17, 15) is 106 Å². The number of benzene rings is 1. The first-order valence-corrected chi connectivity index (χ1v) is 24.6. The van der Waals surface area contributed by atoms with Crippen LogP contribution in [0.1, 0.15) is 93.1 Å². The Balaban J connectivity index is 0.00000330. The molecule has 0 saturated carbocycles. The number of nitrogen functional groups attached to an aromatic ring is 2. The fraction of sp³-hybridized carbons (Fsp3) is 0.447. The summed E-state index contributed by atoms with van der Waals surface area (Å²) in [5, 5.41) is 86.0. The molecule has 3 rings (SSSR count). The van der Waals surface area contributed by atoms with Crippen molar-refractivity contribution in [3.8, 4) is 0 Å². The van der Waals surface area contributed by atoms with Gasteiger partial charge in [0.15, 0.2) is 17.0 Å². The summed E-state index contributed by atoms with van der Waals surface area (Å²) in [5.74, 6) is -19.6. The van der Waals surface area contributed by atoms with Crippen molar-refractivity contribution in [2.24, 2.45) is 0 Å². The van der Waals surface area contributed by atoms with Gasteiger partial charge < -0.3 is 89.1 Å². The van der Waals surface area contributed by atoms with Crippen molar-refractivity contribution in [2.45, 2.75) is 126 Å². The molecule has 0 bridgehead atoms. The van der Waals surface area contributed by atoms with Gasteiger partial charge in [0.05, 0.1) is 18.4 Å². The minimum Gasteiger partial charge on any atom is -0.481 e. The first kappa shape index (κ1) is 70.5. The Morgan fingerprint density at radius 3 is 1.12 bits per heavy atom. The van der Waals surface area contributed by atoms with Crippen molar-refractivity contribution < 1.29 is 121 Å². The van der Waals surface area contributed by atoms with Crippen LogP contribution >= 0.6 is 0 Å². The highest BCUT2D eigenvalue weighted by molar-refractivity contribution is 5.97. The van der Waals surface area contributed by atoms with Crippen LogP contribution in [0.3, 0.4) is 0 Å². The molecule has 0 aliphatic rings. The molecule has 6 atom stereocenters. The van der Waals surface area contributed by atoms with Crippen molar-refractivity contribution >= 4 is 112 Å². The van der Waals surface area contributed by atoms with Crippen LogP contribution in [-0.2, 0) is 68.9 Å². The zero-order valence-corrected chi connectivity index (χ0v) is 44.4. The van der Waals surface area contributed by atoms with Crippen LogP contribution in [0.2, 0.25) is 0 Å². The second-order valence-electron chi connectivity index (χ2n) is 18.0. The fourth-order valence-corrected chi connectivity index (χ4v) is 7.02. The highest BCUT2D eigenvalue weighted by Gasteiger charge is 2.38. The van der Waals surface area contributed by atoms with Crippen LogP contribution in [0.15, 0.2) is 30.5 Å². The number of nitrogens with one attached hydrogen (secondary N) is 6. The topological polar surface area (TPSA) is 580 Å². The van der Waals surface area contributed by atoms with Crippen LogP contribution in [-0.4, -0.2) is 193 Å². The zero-order valence-electron chi connectivity index (χ0n) is 44.4. The van der Waals surface area contributed by atoms with Gasteiger partial charge in [0, 0.05) is 56.8 Å². The lowest BCUT2D eigenvalue weighted by Crippen LogP contribution is -2.46. The number of hydrogen-bond acceptors (Lipinski definition) is 21. The van der Waals surface area contributed by atoms with Gasteiger partial charge in [0.25, 0.3) is 5.91 Å². The molecule has 35 nitrogen and oxygen atoms in total. The number of fused-ring (bicyclic) bond motifs is 1. The Morgan fingerprint density at radius 1 is 0.494 bits per heavy atom. The molecule has 0 aliphatic heterocycles. The first-order valence-electron chi connectivity index (χ1n) is 24.6. The molecule has 0 radical (unpaired) electrons. The number of nitrogens with zero attached hydrogens (tertiary/aromatic N) is 5. The number of aliphatic carboxylic acids is 8. The van der Waals surface area contributed by atoms with E-state index in [0.717, 1.165) is 0 Å². The van der Waals surface area contributed by atoms with E-state index in [1.807, 2.05) is 5.32 Å². The van der Waals surface area contributed by atoms with Crippen LogP contribution in [0, 0.1) is 0 Å². The molecule has 464 valence electrons. The Hall–Kier alpha value is -10.6. The number of anilines is 3. The predicted octanol–water partition coefficient (Wildman–Crippen LogP) is -2.35. The van der Waals surface area contributed by atoms with Crippen LogP contribution in [0.4, 0.5) is 30.6 Å². The molecular formula is C47H58F3N13O22. The van der Waals surface area contributed by atoms with E-state index in [4.69, 9.17) is 26.5 Å². The average Bonchev–Trinajstić information content (AvgIpc) is 2.49.